The molecule has 0 aliphatic carbocycles. The summed E-state index contributed by atoms with van der Waals surface area (Å²) in [5.74, 6) is -0.0903. The minimum Gasteiger partial charge on any atom is -0.292 e. The SMILES string of the molecule is NC12CN(O1)C2=O. The first kappa shape index (κ1) is 3.40. The van der Waals surface area contributed by atoms with Gasteiger partial charge in [0.1, 0.15) is 6.54 Å². The fraction of sp³-hybridized carbons (Fsp3) is 0.667. The van der Waals surface area contributed by atoms with Crippen LogP contribution in [0.3, 0.4) is 0 Å². The van der Waals surface area contributed by atoms with Gasteiger partial charge in [-0.15, -0.1) is 0 Å². The third kappa shape index (κ3) is 0.165. The molecule has 2 N–H and O–H groups in total. The molecule has 4 heteroatoms. The summed E-state index contributed by atoms with van der Waals surface area (Å²) in [5.41, 5.74) is 4.33. The number of nitrogens with two attached hydrogens (primary N) is 1. The summed E-state index contributed by atoms with van der Waals surface area (Å²) in [6, 6.07) is 0. The number of carbonyl (C=O) groups excluding carboxylic acids is 1. The van der Waals surface area contributed by atoms with Gasteiger partial charge in [-0.05, 0) is 0 Å². The van der Waals surface area contributed by atoms with Crippen LogP contribution in [0.1, 0.15) is 0 Å². The standard InChI is InChI=1S/C3H4N2O2/c4-3-1-5(7-3)2(3)6/h1,4H2. The number of hydroxylamine groups is 2. The van der Waals surface area contributed by atoms with E-state index in [1.807, 2.05) is 0 Å². The molecule has 0 saturated carbocycles. The topological polar surface area (TPSA) is 55.6 Å². The van der Waals surface area contributed by atoms with Gasteiger partial charge in [-0.25, -0.2) is 9.90 Å². The van der Waals surface area contributed by atoms with E-state index in [1.165, 1.54) is 5.06 Å². The van der Waals surface area contributed by atoms with E-state index in [2.05, 4.69) is 4.84 Å². The van der Waals surface area contributed by atoms with Gasteiger partial charge in [0, 0.05) is 0 Å². The molecule has 4 nitrogen and oxygen atoms in total. The highest BCUT2D eigenvalue weighted by molar-refractivity contribution is 5.93. The lowest BCUT2D eigenvalue weighted by molar-refractivity contribution is -0.396. The predicted molar refractivity (Wildman–Crippen MR) is 19.7 cm³/mol. The zero-order chi connectivity index (χ0) is 5.07. The lowest BCUT2D eigenvalue weighted by Crippen LogP contribution is -2.86. The Morgan fingerprint density at radius 2 is 2.43 bits per heavy atom. The molecule has 7 heavy (non-hydrogen) atoms. The Morgan fingerprint density at radius 3 is 2.43 bits per heavy atom. The predicted octanol–water partition coefficient (Wildman–Crippen LogP) is -1.57. The summed E-state index contributed by atoms with van der Waals surface area (Å²) >= 11 is 0. The molecule has 1 unspecified atom stereocenters. The van der Waals surface area contributed by atoms with E-state index >= 15 is 0 Å². The smallest absolute Gasteiger partial charge is 0.292 e. The second-order valence-electron chi connectivity index (χ2n) is 1.82. The zero-order valence-corrected chi connectivity index (χ0v) is 3.55. The fourth-order valence-corrected chi connectivity index (χ4v) is 0.703. The van der Waals surface area contributed by atoms with Crippen molar-refractivity contribution in [1.82, 2.24) is 5.06 Å². The van der Waals surface area contributed by atoms with Gasteiger partial charge in [0.15, 0.2) is 0 Å². The molecule has 0 radical (unpaired) electrons. The first-order chi connectivity index (χ1) is 3.22. The maximum absolute atomic E-state index is 10.3. The fourth-order valence-electron chi connectivity index (χ4n) is 0.703. The molecule has 3 fully saturated rings. The summed E-state index contributed by atoms with van der Waals surface area (Å²) < 4.78 is 0. The third-order valence-electron chi connectivity index (χ3n) is 1.24. The van der Waals surface area contributed by atoms with E-state index in [0.717, 1.165) is 0 Å². The molecular formula is C3H4N2O2. The second-order valence-corrected chi connectivity index (χ2v) is 1.82. The maximum atomic E-state index is 10.3. The van der Waals surface area contributed by atoms with E-state index in [0.29, 0.717) is 6.54 Å². The minimum absolute atomic E-state index is 0.0903. The summed E-state index contributed by atoms with van der Waals surface area (Å²) in [5, 5.41) is 1.24. The van der Waals surface area contributed by atoms with Gasteiger partial charge in [0.25, 0.3) is 5.91 Å². The van der Waals surface area contributed by atoms with Crippen LogP contribution >= 0.6 is 0 Å². The number of amides is 1. The number of hydrogen-bond donors (Lipinski definition) is 1. The highest BCUT2D eigenvalue weighted by Gasteiger charge is 2.65. The van der Waals surface area contributed by atoms with Crippen molar-refractivity contribution in [2.24, 2.45) is 5.73 Å². The molecule has 3 saturated heterocycles. The normalized spacial score (nSPS) is 45.3. The molecule has 0 aromatic heterocycles. The van der Waals surface area contributed by atoms with Gasteiger partial charge >= 0.3 is 0 Å². The van der Waals surface area contributed by atoms with E-state index < -0.39 is 5.72 Å². The largest absolute Gasteiger partial charge is 0.298 e. The monoisotopic (exact) mass is 100 g/mol. The lowest BCUT2D eigenvalue weighted by Gasteiger charge is -2.56. The van der Waals surface area contributed by atoms with Crippen molar-refractivity contribution in [1.29, 1.82) is 0 Å². The van der Waals surface area contributed by atoms with Crippen molar-refractivity contribution in [3.63, 3.8) is 0 Å². The molecule has 1 amide bonds. The van der Waals surface area contributed by atoms with Crippen LogP contribution < -0.4 is 5.73 Å². The van der Waals surface area contributed by atoms with Crippen LogP contribution in [0.4, 0.5) is 0 Å². The van der Waals surface area contributed by atoms with Crippen LogP contribution in [0.5, 0.6) is 0 Å². The number of rotatable bonds is 0. The van der Waals surface area contributed by atoms with Crippen molar-refractivity contribution in [2.45, 2.75) is 5.72 Å². The van der Waals surface area contributed by atoms with E-state index in [-0.39, 0.29) is 5.91 Å². The van der Waals surface area contributed by atoms with Crippen molar-refractivity contribution in [3.8, 4) is 0 Å². The van der Waals surface area contributed by atoms with E-state index in [4.69, 9.17) is 5.73 Å². The molecule has 3 aliphatic rings. The van der Waals surface area contributed by atoms with Crippen molar-refractivity contribution >= 4 is 5.91 Å². The Kier molecular flexibility index (Phi) is 0.281. The van der Waals surface area contributed by atoms with Gasteiger partial charge in [-0.2, -0.15) is 0 Å². The molecule has 3 rings (SSSR count). The molecule has 38 valence electrons. The van der Waals surface area contributed by atoms with Crippen molar-refractivity contribution in [3.05, 3.63) is 0 Å². The highest BCUT2D eigenvalue weighted by atomic mass is 16.8. The molecule has 0 aromatic rings. The Morgan fingerprint density at radius 1 is 2.00 bits per heavy atom. The number of β-lactam (4-membered cyclic amide) rings is 1. The maximum Gasteiger partial charge on any atom is 0.298 e. The molecule has 0 spiro atoms. The summed E-state index contributed by atoms with van der Waals surface area (Å²) in [6.07, 6.45) is 0. The minimum atomic E-state index is -0.889. The zero-order valence-electron chi connectivity index (χ0n) is 3.55. The summed E-state index contributed by atoms with van der Waals surface area (Å²) in [4.78, 5) is 14.9. The Balaban J connectivity index is 2.32. The van der Waals surface area contributed by atoms with Gasteiger partial charge in [-0.1, -0.05) is 0 Å². The van der Waals surface area contributed by atoms with E-state index in [9.17, 15) is 4.79 Å². The highest BCUT2D eigenvalue weighted by Crippen LogP contribution is 2.35. The van der Waals surface area contributed by atoms with Crippen molar-refractivity contribution in [2.75, 3.05) is 6.54 Å². The first-order valence-corrected chi connectivity index (χ1v) is 2.02. The average Bonchev–Trinajstić information content (AvgIpc) is 1.62. The van der Waals surface area contributed by atoms with E-state index in [1.54, 1.807) is 0 Å². The molecule has 0 aromatic carbocycles. The third-order valence-corrected chi connectivity index (χ3v) is 1.24. The van der Waals surface area contributed by atoms with Crippen LogP contribution in [0.15, 0.2) is 0 Å². The molecule has 3 heterocycles. The van der Waals surface area contributed by atoms with Crippen LogP contribution in [0.25, 0.3) is 0 Å². The first-order valence-electron chi connectivity index (χ1n) is 2.02. The van der Waals surface area contributed by atoms with Crippen LogP contribution in [-0.2, 0) is 9.63 Å². The quantitative estimate of drug-likeness (QED) is 0.374. The summed E-state index contributed by atoms with van der Waals surface area (Å²) in [7, 11) is 0. The molecule has 1 atom stereocenters. The van der Waals surface area contributed by atoms with Gasteiger partial charge in [0.2, 0.25) is 5.72 Å². The molecule has 2 bridgehead atoms. The van der Waals surface area contributed by atoms with Gasteiger partial charge in [0.05, 0.1) is 0 Å². The van der Waals surface area contributed by atoms with Crippen LogP contribution in [-0.4, -0.2) is 23.2 Å². The van der Waals surface area contributed by atoms with Crippen LogP contribution in [0.2, 0.25) is 0 Å². The van der Waals surface area contributed by atoms with Gasteiger partial charge < -0.3 is 0 Å². The number of carbonyl (C=O) groups is 1. The Hall–Kier alpha value is -0.610. The molecule has 3 aliphatic heterocycles. The van der Waals surface area contributed by atoms with Gasteiger partial charge in [-0.3, -0.25) is 10.5 Å². The number of nitrogens with zero attached hydrogens (tertiary/aromatic N) is 1. The van der Waals surface area contributed by atoms with Crippen molar-refractivity contribution < 1.29 is 9.63 Å². The lowest BCUT2D eigenvalue weighted by atomic mass is 10.0. The molecular weight excluding hydrogens is 96.0 g/mol. The average molecular weight is 100 g/mol. The van der Waals surface area contributed by atoms with Crippen LogP contribution in [0, 0.1) is 0 Å². The summed E-state index contributed by atoms with van der Waals surface area (Å²) in [6.45, 7) is 0.575. The number of hydrogen-bond acceptors (Lipinski definition) is 3. The second kappa shape index (κ2) is 0.579. The Bertz CT molecular complexity index is 138. The Labute approximate surface area is 39.8 Å².